The van der Waals surface area contributed by atoms with E-state index in [0.717, 1.165) is 21.9 Å². The maximum atomic E-state index is 11.7. The third-order valence-electron chi connectivity index (χ3n) is 3.63. The molecule has 0 fully saturated rings. The summed E-state index contributed by atoms with van der Waals surface area (Å²) in [6.45, 7) is 5.68. The number of hydrogen-bond acceptors (Lipinski definition) is 5. The lowest BCUT2D eigenvalue weighted by Crippen LogP contribution is -2.11. The van der Waals surface area contributed by atoms with Crippen molar-refractivity contribution >= 4 is 22.7 Å². The molecule has 0 aliphatic heterocycles. The smallest absolute Gasteiger partial charge is 0.311 e. The Bertz CT molecular complexity index is 752. The highest BCUT2D eigenvalue weighted by molar-refractivity contribution is 5.92. The molecule has 5 nitrogen and oxygen atoms in total. The van der Waals surface area contributed by atoms with Gasteiger partial charge in [-0.3, -0.25) is 9.59 Å². The number of hydrogen-bond donors (Lipinski definition) is 1. The predicted octanol–water partition coefficient (Wildman–Crippen LogP) is 3.24. The average molecular weight is 315 g/mol. The minimum absolute atomic E-state index is 0.238. The van der Waals surface area contributed by atoms with Gasteiger partial charge in [-0.25, -0.2) is 0 Å². The van der Waals surface area contributed by atoms with Crippen molar-refractivity contribution in [1.82, 2.24) is 0 Å². The van der Waals surface area contributed by atoms with E-state index in [1.165, 1.54) is 0 Å². The minimum atomic E-state index is -0.379. The van der Waals surface area contributed by atoms with Crippen LogP contribution in [0.3, 0.4) is 0 Å². The van der Waals surface area contributed by atoms with Gasteiger partial charge in [-0.05, 0) is 35.4 Å². The molecule has 0 spiro atoms. The summed E-state index contributed by atoms with van der Waals surface area (Å²) in [6, 6.07) is 7.51. The lowest BCUT2D eigenvalue weighted by molar-refractivity contribution is -0.136. The van der Waals surface area contributed by atoms with Gasteiger partial charge in [0.25, 0.3) is 0 Å². The molecular weight excluding hydrogens is 294 g/mol. The number of carbonyl (C=O) groups is 2. The van der Waals surface area contributed by atoms with Crippen molar-refractivity contribution in [2.24, 2.45) is 5.73 Å². The van der Waals surface area contributed by atoms with Crippen LogP contribution in [-0.4, -0.2) is 11.9 Å². The van der Waals surface area contributed by atoms with Crippen LogP contribution in [0.5, 0.6) is 11.5 Å². The number of aryl methyl sites for hydroxylation is 1. The highest BCUT2D eigenvalue weighted by Gasteiger charge is 2.18. The van der Waals surface area contributed by atoms with Crippen molar-refractivity contribution in [3.05, 3.63) is 35.4 Å². The Morgan fingerprint density at radius 3 is 2.30 bits per heavy atom. The first-order valence-corrected chi connectivity index (χ1v) is 7.67. The average Bonchev–Trinajstić information content (AvgIpc) is 2.57. The maximum absolute atomic E-state index is 11.7. The monoisotopic (exact) mass is 315 g/mol. The number of nitrogens with two attached hydrogens (primary N) is 1. The number of fused-ring (bicyclic) bond motifs is 1. The third-order valence-corrected chi connectivity index (χ3v) is 3.63. The highest BCUT2D eigenvalue weighted by atomic mass is 16.6. The lowest BCUT2D eigenvalue weighted by Gasteiger charge is -2.15. The topological polar surface area (TPSA) is 78.6 Å². The molecule has 0 aliphatic rings. The van der Waals surface area contributed by atoms with Gasteiger partial charge in [-0.1, -0.05) is 26.0 Å². The standard InChI is InChI=1S/C18H21NO4/c1-4-16(20)22-15-9-13-7-6-12(10-19)8-14(13)11(3)18(15)23-17(21)5-2/h6-9H,4-5,10,19H2,1-3H3. The van der Waals surface area contributed by atoms with E-state index in [4.69, 9.17) is 15.2 Å². The van der Waals surface area contributed by atoms with Gasteiger partial charge in [0.2, 0.25) is 0 Å². The predicted molar refractivity (Wildman–Crippen MR) is 88.4 cm³/mol. The molecule has 0 amide bonds. The second kappa shape index (κ2) is 7.24. The Morgan fingerprint density at radius 1 is 1.04 bits per heavy atom. The molecule has 122 valence electrons. The largest absolute Gasteiger partial charge is 0.422 e. The maximum Gasteiger partial charge on any atom is 0.311 e. The first-order chi connectivity index (χ1) is 11.0. The zero-order valence-corrected chi connectivity index (χ0v) is 13.6. The van der Waals surface area contributed by atoms with Crippen LogP contribution in [0.2, 0.25) is 0 Å². The summed E-state index contributed by atoms with van der Waals surface area (Å²) in [6.07, 6.45) is 0.478. The van der Waals surface area contributed by atoms with Gasteiger partial charge in [0.15, 0.2) is 11.5 Å². The molecule has 0 heterocycles. The van der Waals surface area contributed by atoms with E-state index < -0.39 is 0 Å². The van der Waals surface area contributed by atoms with E-state index in [-0.39, 0.29) is 30.5 Å². The number of carbonyl (C=O) groups excluding carboxylic acids is 2. The number of rotatable bonds is 5. The third kappa shape index (κ3) is 3.68. The lowest BCUT2D eigenvalue weighted by atomic mass is 10.0. The molecule has 5 heteroatoms. The fourth-order valence-electron chi connectivity index (χ4n) is 2.28. The summed E-state index contributed by atoms with van der Waals surface area (Å²) < 4.78 is 10.7. The summed E-state index contributed by atoms with van der Waals surface area (Å²) in [5, 5.41) is 1.82. The minimum Gasteiger partial charge on any atom is -0.422 e. The van der Waals surface area contributed by atoms with Crippen molar-refractivity contribution in [2.75, 3.05) is 0 Å². The number of esters is 2. The summed E-state index contributed by atoms with van der Waals surface area (Å²) in [5.41, 5.74) is 7.42. The fourth-order valence-corrected chi connectivity index (χ4v) is 2.28. The van der Waals surface area contributed by atoms with Crippen LogP contribution in [0, 0.1) is 6.92 Å². The molecule has 2 rings (SSSR count). The van der Waals surface area contributed by atoms with Crippen LogP contribution in [0.4, 0.5) is 0 Å². The van der Waals surface area contributed by atoms with Crippen LogP contribution in [0.15, 0.2) is 24.3 Å². The van der Waals surface area contributed by atoms with Gasteiger partial charge in [-0.2, -0.15) is 0 Å². The zero-order valence-electron chi connectivity index (χ0n) is 13.6. The quantitative estimate of drug-likeness (QED) is 0.677. The number of benzene rings is 2. The summed E-state index contributed by atoms with van der Waals surface area (Å²) >= 11 is 0. The van der Waals surface area contributed by atoms with E-state index in [2.05, 4.69) is 0 Å². The second-order valence-corrected chi connectivity index (χ2v) is 5.24. The van der Waals surface area contributed by atoms with E-state index >= 15 is 0 Å². The van der Waals surface area contributed by atoms with E-state index in [0.29, 0.717) is 12.3 Å². The molecule has 0 atom stereocenters. The zero-order chi connectivity index (χ0) is 17.0. The highest BCUT2D eigenvalue weighted by Crippen LogP contribution is 2.38. The Kier molecular flexibility index (Phi) is 5.34. The SMILES string of the molecule is CCC(=O)Oc1cc2ccc(CN)cc2c(C)c1OC(=O)CC. The van der Waals surface area contributed by atoms with Crippen LogP contribution in [0.25, 0.3) is 10.8 Å². The van der Waals surface area contributed by atoms with Gasteiger partial charge in [0.1, 0.15) is 0 Å². The normalized spacial score (nSPS) is 10.6. The Labute approximate surface area is 135 Å². The molecule has 0 saturated heterocycles. The molecule has 0 radical (unpaired) electrons. The van der Waals surface area contributed by atoms with E-state index in [1.54, 1.807) is 19.9 Å². The van der Waals surface area contributed by atoms with Gasteiger partial charge in [0, 0.05) is 24.9 Å². The number of ether oxygens (including phenoxy) is 2. The Morgan fingerprint density at radius 2 is 1.70 bits per heavy atom. The van der Waals surface area contributed by atoms with Crippen LogP contribution in [0.1, 0.15) is 37.8 Å². The first-order valence-electron chi connectivity index (χ1n) is 7.67. The first kappa shape index (κ1) is 17.0. The van der Waals surface area contributed by atoms with Crippen molar-refractivity contribution in [1.29, 1.82) is 0 Å². The molecule has 0 aliphatic carbocycles. The van der Waals surface area contributed by atoms with Gasteiger partial charge < -0.3 is 15.2 Å². The fraction of sp³-hybridized carbons (Fsp3) is 0.333. The van der Waals surface area contributed by atoms with E-state index in [1.807, 2.05) is 25.1 Å². The molecule has 0 bridgehead atoms. The molecule has 2 aromatic carbocycles. The van der Waals surface area contributed by atoms with Crippen LogP contribution >= 0.6 is 0 Å². The summed E-state index contributed by atoms with van der Waals surface area (Å²) in [5.74, 6) is -0.197. The molecule has 0 saturated carbocycles. The van der Waals surface area contributed by atoms with Gasteiger partial charge in [0.05, 0.1) is 0 Å². The molecule has 2 N–H and O–H groups in total. The van der Waals surface area contributed by atoms with E-state index in [9.17, 15) is 9.59 Å². The molecule has 2 aromatic rings. The second-order valence-electron chi connectivity index (χ2n) is 5.24. The Balaban J connectivity index is 2.63. The summed E-state index contributed by atoms with van der Waals surface area (Å²) in [4.78, 5) is 23.4. The van der Waals surface area contributed by atoms with Crippen molar-refractivity contribution in [2.45, 2.75) is 40.2 Å². The molecule has 0 aromatic heterocycles. The van der Waals surface area contributed by atoms with Gasteiger partial charge >= 0.3 is 11.9 Å². The van der Waals surface area contributed by atoms with Gasteiger partial charge in [-0.15, -0.1) is 0 Å². The van der Waals surface area contributed by atoms with Crippen molar-refractivity contribution in [3.8, 4) is 11.5 Å². The van der Waals surface area contributed by atoms with Crippen molar-refractivity contribution in [3.63, 3.8) is 0 Å². The Hall–Kier alpha value is -2.40. The van der Waals surface area contributed by atoms with Crippen molar-refractivity contribution < 1.29 is 19.1 Å². The van der Waals surface area contributed by atoms with Crippen LogP contribution < -0.4 is 15.2 Å². The molecule has 23 heavy (non-hydrogen) atoms. The molecular formula is C18H21NO4. The summed E-state index contributed by atoms with van der Waals surface area (Å²) in [7, 11) is 0. The molecule has 0 unspecified atom stereocenters. The van der Waals surface area contributed by atoms with Crippen LogP contribution in [-0.2, 0) is 16.1 Å².